The van der Waals surface area contributed by atoms with Crippen molar-refractivity contribution >= 4 is 17.0 Å². The van der Waals surface area contributed by atoms with E-state index in [2.05, 4.69) is 4.72 Å². The number of methoxy groups -OCH3 is 2. The Morgan fingerprint density at radius 3 is 2.39 bits per heavy atom. The molecule has 0 bridgehead atoms. The minimum Gasteiger partial charge on any atom is -0.497 e. The van der Waals surface area contributed by atoms with Crippen LogP contribution in [0.15, 0.2) is 18.2 Å². The lowest BCUT2D eigenvalue weighted by atomic mass is 10.1. The van der Waals surface area contributed by atoms with Crippen LogP contribution in [-0.2, 0) is 20.5 Å². The predicted octanol–water partition coefficient (Wildman–Crippen LogP) is 2.36. The molecule has 0 radical (unpaired) electrons. The van der Waals surface area contributed by atoms with Gasteiger partial charge in [-0.15, -0.1) is 0 Å². The molecular weight excluding hydrogens is 318 g/mol. The number of hydrogen-bond donors (Lipinski definition) is 1. The Morgan fingerprint density at radius 2 is 1.91 bits per heavy atom. The van der Waals surface area contributed by atoms with Crippen LogP contribution in [0, 0.1) is 0 Å². The smallest absolute Gasteiger partial charge is 0.328 e. The van der Waals surface area contributed by atoms with Crippen molar-refractivity contribution in [1.29, 1.82) is 0 Å². The number of nitrogens with one attached hydrogen (secondary N) is 1. The van der Waals surface area contributed by atoms with Crippen molar-refractivity contribution in [3.05, 3.63) is 23.8 Å². The Bertz CT molecular complexity index is 568. The highest BCUT2D eigenvalue weighted by Gasteiger charge is 2.31. The van der Waals surface area contributed by atoms with Crippen molar-refractivity contribution in [1.82, 2.24) is 4.72 Å². The summed E-state index contributed by atoms with van der Waals surface area (Å²) < 4.78 is 30.3. The van der Waals surface area contributed by atoms with E-state index in [-0.39, 0.29) is 6.61 Å². The molecule has 0 fully saturated rings. The highest BCUT2D eigenvalue weighted by Crippen LogP contribution is 2.31. The van der Waals surface area contributed by atoms with E-state index in [1.54, 1.807) is 32.2 Å². The zero-order valence-electron chi connectivity index (χ0n) is 14.5. The Labute approximate surface area is 140 Å². The first kappa shape index (κ1) is 19.4. The summed E-state index contributed by atoms with van der Waals surface area (Å²) in [6.45, 7) is 7.43. The molecule has 1 rings (SSSR count). The normalized spacial score (nSPS) is 14.0. The van der Waals surface area contributed by atoms with E-state index in [1.165, 1.54) is 7.11 Å². The van der Waals surface area contributed by atoms with Crippen LogP contribution in [0.1, 0.15) is 39.3 Å². The molecule has 0 aromatic heterocycles. The van der Waals surface area contributed by atoms with Gasteiger partial charge in [0.05, 0.1) is 36.6 Å². The second kappa shape index (κ2) is 8.31. The zero-order chi connectivity index (χ0) is 17.6. The average Bonchev–Trinajstić information content (AvgIpc) is 2.51. The third kappa shape index (κ3) is 5.21. The Balaban J connectivity index is 3.24. The second-order valence-corrected chi connectivity index (χ2v) is 7.79. The van der Waals surface area contributed by atoms with Gasteiger partial charge in [0.1, 0.15) is 17.5 Å². The molecule has 6 nitrogen and oxygen atoms in total. The molecule has 0 heterocycles. The average molecular weight is 343 g/mol. The summed E-state index contributed by atoms with van der Waals surface area (Å²) in [7, 11) is 1.60. The first-order chi connectivity index (χ1) is 10.7. The molecule has 0 saturated carbocycles. The molecule has 2 atom stereocenters. The van der Waals surface area contributed by atoms with E-state index < -0.39 is 27.7 Å². The Kier molecular flexibility index (Phi) is 7.02. The standard InChI is InChI=1S/C16H25NO5S/c1-7-22-15(18)14(17-23(19)16(2,3)4)12-9-8-11(20-5)10-13(12)21-6/h8-10,14,17H,7H2,1-6H3/t14-,23?/m1/s1. The number of hydrogen-bond acceptors (Lipinski definition) is 5. The van der Waals surface area contributed by atoms with Crippen LogP contribution >= 0.6 is 0 Å². The largest absolute Gasteiger partial charge is 0.497 e. The number of carbonyl (C=O) groups is 1. The lowest BCUT2D eigenvalue weighted by molar-refractivity contribution is -0.145. The van der Waals surface area contributed by atoms with Crippen molar-refractivity contribution in [2.24, 2.45) is 0 Å². The summed E-state index contributed by atoms with van der Waals surface area (Å²) in [5.74, 6) is 0.555. The number of ether oxygens (including phenoxy) is 3. The first-order valence-corrected chi connectivity index (χ1v) is 8.46. The van der Waals surface area contributed by atoms with Gasteiger partial charge in [-0.05, 0) is 39.8 Å². The molecule has 0 aliphatic rings. The van der Waals surface area contributed by atoms with Gasteiger partial charge in [-0.3, -0.25) is 0 Å². The summed E-state index contributed by atoms with van der Waals surface area (Å²) >= 11 is 0. The monoisotopic (exact) mass is 343 g/mol. The fourth-order valence-electron chi connectivity index (χ4n) is 1.80. The highest BCUT2D eigenvalue weighted by molar-refractivity contribution is 7.84. The maximum atomic E-state index is 12.4. The van der Waals surface area contributed by atoms with Gasteiger partial charge in [0.25, 0.3) is 0 Å². The summed E-state index contributed by atoms with van der Waals surface area (Å²) in [4.78, 5) is 12.3. The van der Waals surface area contributed by atoms with E-state index in [0.717, 1.165) is 0 Å². The highest BCUT2D eigenvalue weighted by atomic mass is 32.2. The maximum Gasteiger partial charge on any atom is 0.328 e. The summed E-state index contributed by atoms with van der Waals surface area (Å²) in [5, 5.41) is 0. The van der Waals surface area contributed by atoms with E-state index >= 15 is 0 Å². The van der Waals surface area contributed by atoms with Crippen molar-refractivity contribution in [3.63, 3.8) is 0 Å². The fraction of sp³-hybridized carbons (Fsp3) is 0.562. The van der Waals surface area contributed by atoms with Crippen LogP contribution in [0.25, 0.3) is 0 Å². The third-order valence-corrected chi connectivity index (χ3v) is 4.62. The fourth-order valence-corrected chi connectivity index (χ4v) is 2.60. The first-order valence-electron chi connectivity index (χ1n) is 7.31. The molecule has 1 N–H and O–H groups in total. The summed E-state index contributed by atoms with van der Waals surface area (Å²) in [5.41, 5.74) is 0.546. The lowest BCUT2D eigenvalue weighted by Crippen LogP contribution is -2.39. The van der Waals surface area contributed by atoms with Gasteiger partial charge in [0.2, 0.25) is 0 Å². The Hall–Kier alpha value is -1.60. The molecule has 7 heteroatoms. The molecular formula is C16H25NO5S. The van der Waals surface area contributed by atoms with Crippen molar-refractivity contribution in [2.75, 3.05) is 20.8 Å². The minimum atomic E-state index is -1.45. The minimum absolute atomic E-state index is 0.234. The van der Waals surface area contributed by atoms with Gasteiger partial charge < -0.3 is 14.2 Å². The van der Waals surface area contributed by atoms with E-state index in [4.69, 9.17) is 14.2 Å². The molecule has 0 amide bonds. The summed E-state index contributed by atoms with van der Waals surface area (Å²) in [6.07, 6.45) is 0. The van der Waals surface area contributed by atoms with Crippen molar-refractivity contribution in [3.8, 4) is 11.5 Å². The number of rotatable bonds is 7. The molecule has 1 unspecified atom stereocenters. The van der Waals surface area contributed by atoms with E-state index in [1.807, 2.05) is 20.8 Å². The third-order valence-electron chi connectivity index (χ3n) is 3.06. The SMILES string of the molecule is CCOC(=O)[C@H](NS(=O)C(C)(C)C)c1ccc(OC)cc1OC. The van der Waals surface area contributed by atoms with Gasteiger partial charge in [-0.25, -0.2) is 13.7 Å². The van der Waals surface area contributed by atoms with Crippen molar-refractivity contribution < 1.29 is 23.2 Å². The second-order valence-electron chi connectivity index (χ2n) is 5.79. The van der Waals surface area contributed by atoms with Crippen LogP contribution in [0.3, 0.4) is 0 Å². The van der Waals surface area contributed by atoms with Gasteiger partial charge >= 0.3 is 5.97 Å². The van der Waals surface area contributed by atoms with Crippen LogP contribution in [0.4, 0.5) is 0 Å². The van der Waals surface area contributed by atoms with Crippen LogP contribution in [-0.4, -0.2) is 35.8 Å². The van der Waals surface area contributed by atoms with Crippen LogP contribution in [0.5, 0.6) is 11.5 Å². The Morgan fingerprint density at radius 1 is 1.26 bits per heavy atom. The molecule has 0 aliphatic carbocycles. The molecule has 23 heavy (non-hydrogen) atoms. The molecule has 130 valence electrons. The van der Waals surface area contributed by atoms with Gasteiger partial charge in [-0.2, -0.15) is 0 Å². The zero-order valence-corrected chi connectivity index (χ0v) is 15.3. The van der Waals surface area contributed by atoms with Crippen LogP contribution < -0.4 is 14.2 Å². The predicted molar refractivity (Wildman–Crippen MR) is 90.0 cm³/mol. The molecule has 1 aromatic rings. The topological polar surface area (TPSA) is 73.9 Å². The van der Waals surface area contributed by atoms with E-state index in [0.29, 0.717) is 17.1 Å². The van der Waals surface area contributed by atoms with Gasteiger partial charge in [-0.1, -0.05) is 0 Å². The number of benzene rings is 1. The van der Waals surface area contributed by atoms with Gasteiger partial charge in [0.15, 0.2) is 0 Å². The van der Waals surface area contributed by atoms with Crippen molar-refractivity contribution in [2.45, 2.75) is 38.5 Å². The number of carbonyl (C=O) groups excluding carboxylic acids is 1. The lowest BCUT2D eigenvalue weighted by Gasteiger charge is -2.24. The maximum absolute atomic E-state index is 12.4. The molecule has 0 aliphatic heterocycles. The molecule has 0 spiro atoms. The summed E-state index contributed by atoms with van der Waals surface area (Å²) in [6, 6.07) is 4.19. The molecule has 1 aromatic carbocycles. The van der Waals surface area contributed by atoms with Crippen LogP contribution in [0.2, 0.25) is 0 Å². The quantitative estimate of drug-likeness (QED) is 0.769. The number of esters is 1. The van der Waals surface area contributed by atoms with Gasteiger partial charge in [0, 0.05) is 11.6 Å². The molecule has 0 saturated heterocycles. The van der Waals surface area contributed by atoms with E-state index in [9.17, 15) is 9.00 Å².